The van der Waals surface area contributed by atoms with Gasteiger partial charge in [-0.2, -0.15) is 4.72 Å². The van der Waals surface area contributed by atoms with E-state index in [0.717, 1.165) is 23.9 Å². The number of furan rings is 1. The summed E-state index contributed by atoms with van der Waals surface area (Å²) in [7, 11) is -0.139. The van der Waals surface area contributed by atoms with E-state index >= 15 is 0 Å². The first-order valence-corrected chi connectivity index (χ1v) is 11.5. The van der Waals surface area contributed by atoms with E-state index in [2.05, 4.69) is 10.8 Å². The third-order valence-electron chi connectivity index (χ3n) is 5.16. The highest BCUT2D eigenvalue weighted by atomic mass is 32.2. The van der Waals surface area contributed by atoms with Crippen molar-refractivity contribution in [3.63, 3.8) is 0 Å². The van der Waals surface area contributed by atoms with Crippen molar-refractivity contribution in [2.75, 3.05) is 25.6 Å². The maximum Gasteiger partial charge on any atom is 0.246 e. The lowest BCUT2D eigenvalue weighted by atomic mass is 10.1. The third-order valence-corrected chi connectivity index (χ3v) is 6.61. The van der Waals surface area contributed by atoms with Crippen molar-refractivity contribution in [1.82, 2.24) is 4.72 Å². The van der Waals surface area contributed by atoms with Crippen molar-refractivity contribution in [2.24, 2.45) is 0 Å². The molecule has 0 saturated heterocycles. The van der Waals surface area contributed by atoms with Crippen molar-refractivity contribution in [3.05, 3.63) is 53.8 Å². The number of hydrogen-bond acceptors (Lipinski definition) is 6. The zero-order chi connectivity index (χ0) is 21.5. The van der Waals surface area contributed by atoms with Crippen LogP contribution in [0.25, 0.3) is 11.0 Å². The number of sulfonamides is 1. The lowest BCUT2D eigenvalue weighted by Crippen LogP contribution is -2.28. The third kappa shape index (κ3) is 4.03. The summed E-state index contributed by atoms with van der Waals surface area (Å²) in [6.07, 6.45) is 0.790. The maximum absolute atomic E-state index is 12.9. The Hall–Kier alpha value is -2.55. The van der Waals surface area contributed by atoms with Crippen LogP contribution in [0.3, 0.4) is 0 Å². The van der Waals surface area contributed by atoms with Crippen LogP contribution in [0.2, 0.25) is 0 Å². The molecule has 0 bridgehead atoms. The molecule has 0 spiro atoms. The van der Waals surface area contributed by atoms with Crippen LogP contribution < -0.4 is 14.4 Å². The van der Waals surface area contributed by atoms with Crippen molar-refractivity contribution in [2.45, 2.75) is 36.8 Å². The normalized spacial score (nSPS) is 15.3. The van der Waals surface area contributed by atoms with E-state index in [9.17, 15) is 13.5 Å². The fourth-order valence-corrected chi connectivity index (χ4v) is 4.72. The summed E-state index contributed by atoms with van der Waals surface area (Å²) in [5, 5.41) is 11.4. The summed E-state index contributed by atoms with van der Waals surface area (Å²) >= 11 is 0. The summed E-state index contributed by atoms with van der Waals surface area (Å²) in [4.78, 5) is 1.95. The Morgan fingerprint density at radius 1 is 1.23 bits per heavy atom. The molecule has 3 aromatic rings. The summed E-state index contributed by atoms with van der Waals surface area (Å²) in [6, 6.07) is 12.1. The monoisotopic (exact) mass is 430 g/mol. The Balaban J connectivity index is 1.66. The minimum Gasteiger partial charge on any atom is -0.492 e. The number of para-hydroxylation sites is 1. The first-order chi connectivity index (χ1) is 14.3. The SMILES string of the molecule is CCOc1ccccc1S(=O)(=O)NC(O)c1cc2c(N(C)C)cc(C3CC3)cc2o1. The van der Waals surface area contributed by atoms with Crippen LogP contribution in [0.5, 0.6) is 5.75 Å². The molecule has 0 amide bonds. The quantitative estimate of drug-likeness (QED) is 0.529. The van der Waals surface area contributed by atoms with Crippen LogP contribution in [0.4, 0.5) is 5.69 Å². The van der Waals surface area contributed by atoms with Crippen LogP contribution >= 0.6 is 0 Å². The van der Waals surface area contributed by atoms with E-state index in [1.807, 2.05) is 25.1 Å². The predicted molar refractivity (Wildman–Crippen MR) is 115 cm³/mol. The van der Waals surface area contributed by atoms with Gasteiger partial charge < -0.3 is 19.2 Å². The highest BCUT2D eigenvalue weighted by Crippen LogP contribution is 2.44. The van der Waals surface area contributed by atoms with Gasteiger partial charge >= 0.3 is 0 Å². The van der Waals surface area contributed by atoms with Gasteiger partial charge in [0.15, 0.2) is 6.23 Å². The fourth-order valence-electron chi connectivity index (χ4n) is 3.53. The number of anilines is 1. The van der Waals surface area contributed by atoms with Crippen LogP contribution in [0.1, 0.15) is 43.2 Å². The fraction of sp³-hybridized carbons (Fsp3) is 0.364. The van der Waals surface area contributed by atoms with E-state index in [1.54, 1.807) is 31.2 Å². The van der Waals surface area contributed by atoms with Gasteiger partial charge in [0, 0.05) is 25.2 Å². The molecule has 1 unspecified atom stereocenters. The Labute approximate surface area is 176 Å². The second-order valence-corrected chi connectivity index (χ2v) is 9.36. The Kier molecular flexibility index (Phi) is 5.48. The highest BCUT2D eigenvalue weighted by molar-refractivity contribution is 7.89. The molecular formula is C22H26N2O5S. The van der Waals surface area contributed by atoms with E-state index in [0.29, 0.717) is 18.1 Å². The van der Waals surface area contributed by atoms with Crippen molar-refractivity contribution in [1.29, 1.82) is 0 Å². The molecule has 1 aliphatic rings. The van der Waals surface area contributed by atoms with Gasteiger partial charge in [0.2, 0.25) is 10.0 Å². The van der Waals surface area contributed by atoms with E-state index in [-0.39, 0.29) is 16.4 Å². The molecule has 160 valence electrons. The molecule has 7 nitrogen and oxygen atoms in total. The molecule has 30 heavy (non-hydrogen) atoms. The first kappa shape index (κ1) is 20.7. The molecule has 1 atom stereocenters. The molecule has 1 saturated carbocycles. The summed E-state index contributed by atoms with van der Waals surface area (Å²) in [6.45, 7) is 2.10. The van der Waals surface area contributed by atoms with Crippen LogP contribution in [0.15, 0.2) is 51.8 Å². The summed E-state index contributed by atoms with van der Waals surface area (Å²) in [5.41, 5.74) is 2.81. The minimum absolute atomic E-state index is 0.0352. The summed E-state index contributed by atoms with van der Waals surface area (Å²) < 4.78 is 39.3. The van der Waals surface area contributed by atoms with Gasteiger partial charge in [0.1, 0.15) is 22.0 Å². The Morgan fingerprint density at radius 3 is 2.63 bits per heavy atom. The number of benzene rings is 2. The van der Waals surface area contributed by atoms with Gasteiger partial charge in [0.25, 0.3) is 0 Å². The van der Waals surface area contributed by atoms with E-state index in [1.165, 1.54) is 11.6 Å². The zero-order valence-corrected chi connectivity index (χ0v) is 18.1. The molecule has 1 aliphatic carbocycles. The number of hydrogen-bond donors (Lipinski definition) is 2. The number of fused-ring (bicyclic) bond motifs is 1. The molecule has 0 aliphatic heterocycles. The lowest BCUT2D eigenvalue weighted by molar-refractivity contribution is 0.141. The average Bonchev–Trinajstić information content (AvgIpc) is 3.45. The van der Waals surface area contributed by atoms with Crippen molar-refractivity contribution >= 4 is 26.7 Å². The van der Waals surface area contributed by atoms with E-state index in [4.69, 9.17) is 9.15 Å². The van der Waals surface area contributed by atoms with Gasteiger partial charge in [-0.05, 0) is 61.6 Å². The molecule has 8 heteroatoms. The highest BCUT2D eigenvalue weighted by Gasteiger charge is 2.28. The van der Waals surface area contributed by atoms with Gasteiger partial charge in [-0.15, -0.1) is 0 Å². The number of nitrogens with zero attached hydrogens (tertiary/aromatic N) is 1. The van der Waals surface area contributed by atoms with Crippen LogP contribution in [0, 0.1) is 0 Å². The molecule has 1 fully saturated rings. The Morgan fingerprint density at radius 2 is 1.97 bits per heavy atom. The topological polar surface area (TPSA) is 92.0 Å². The molecule has 1 aromatic heterocycles. The number of rotatable bonds is 8. The molecule has 4 rings (SSSR count). The standard InChI is InChI=1S/C22H26N2O5S/c1-4-28-18-7-5-6-8-21(18)30(26,27)23-22(25)20-13-16-17(24(2)3)11-15(14-9-10-14)12-19(16)29-20/h5-8,11-14,22-23,25H,4,9-10H2,1-3H3. The first-order valence-electron chi connectivity index (χ1n) is 9.97. The average molecular weight is 431 g/mol. The van der Waals surface area contributed by atoms with E-state index < -0.39 is 16.3 Å². The van der Waals surface area contributed by atoms with Crippen LogP contribution in [-0.4, -0.2) is 34.2 Å². The molecule has 1 heterocycles. The number of ether oxygens (including phenoxy) is 1. The number of nitrogens with one attached hydrogen (secondary N) is 1. The largest absolute Gasteiger partial charge is 0.492 e. The predicted octanol–water partition coefficient (Wildman–Crippen LogP) is 3.74. The van der Waals surface area contributed by atoms with Crippen molar-refractivity contribution < 1.29 is 22.7 Å². The molecule has 2 aromatic carbocycles. The van der Waals surface area contributed by atoms with Gasteiger partial charge in [0.05, 0.1) is 6.61 Å². The Bertz CT molecular complexity index is 1170. The molecular weight excluding hydrogens is 404 g/mol. The molecule has 2 N–H and O–H groups in total. The second-order valence-electron chi connectivity index (χ2n) is 7.67. The zero-order valence-electron chi connectivity index (χ0n) is 17.3. The van der Waals surface area contributed by atoms with Gasteiger partial charge in [-0.3, -0.25) is 0 Å². The maximum atomic E-state index is 12.9. The van der Waals surface area contributed by atoms with Gasteiger partial charge in [-0.1, -0.05) is 12.1 Å². The van der Waals surface area contributed by atoms with Gasteiger partial charge in [-0.25, -0.2) is 8.42 Å². The second kappa shape index (κ2) is 7.94. The van der Waals surface area contributed by atoms with Crippen molar-refractivity contribution in [3.8, 4) is 5.75 Å². The van der Waals surface area contributed by atoms with Crippen LogP contribution in [-0.2, 0) is 10.0 Å². The molecule has 0 radical (unpaired) electrons. The number of aliphatic hydroxyl groups excluding tert-OH is 1. The number of aliphatic hydroxyl groups is 1. The smallest absolute Gasteiger partial charge is 0.246 e. The minimum atomic E-state index is -4.03. The summed E-state index contributed by atoms with van der Waals surface area (Å²) in [5.74, 6) is 0.909. The lowest BCUT2D eigenvalue weighted by Gasteiger charge is -2.15.